The summed E-state index contributed by atoms with van der Waals surface area (Å²) in [5.74, 6) is 0.251. The number of carbonyl (C=O) groups excluding carboxylic acids is 2. The summed E-state index contributed by atoms with van der Waals surface area (Å²) >= 11 is 0. The molecule has 5 heteroatoms. The van der Waals surface area contributed by atoms with Gasteiger partial charge in [0.05, 0.1) is 12.2 Å². The van der Waals surface area contributed by atoms with Gasteiger partial charge in [0.25, 0.3) is 0 Å². The van der Waals surface area contributed by atoms with Crippen LogP contribution in [-0.2, 0) is 14.3 Å². The molecule has 0 aliphatic carbocycles. The molecule has 0 spiro atoms. The van der Waals surface area contributed by atoms with Crippen LogP contribution in [0.4, 0.5) is 5.69 Å². The van der Waals surface area contributed by atoms with Crippen LogP contribution < -0.4 is 5.32 Å². The summed E-state index contributed by atoms with van der Waals surface area (Å²) in [6, 6.07) is 6.76. The highest BCUT2D eigenvalue weighted by molar-refractivity contribution is 5.93. The first-order valence-corrected chi connectivity index (χ1v) is 7.84. The SMILES string of the molecule is CCOC(=O)c1ccc(NC(=O)CCC2CCOCC2)cc1. The predicted molar refractivity (Wildman–Crippen MR) is 83.8 cm³/mol. The molecule has 0 unspecified atom stereocenters. The lowest BCUT2D eigenvalue weighted by atomic mass is 9.95. The molecule has 1 aromatic carbocycles. The predicted octanol–water partition coefficient (Wildman–Crippen LogP) is 3.01. The summed E-state index contributed by atoms with van der Waals surface area (Å²) in [5, 5.41) is 2.86. The van der Waals surface area contributed by atoms with Crippen LogP contribution in [0.5, 0.6) is 0 Å². The normalized spacial score (nSPS) is 15.3. The van der Waals surface area contributed by atoms with Crippen LogP contribution in [0.3, 0.4) is 0 Å². The number of esters is 1. The Kier molecular flexibility index (Phi) is 6.40. The van der Waals surface area contributed by atoms with Crippen molar-refractivity contribution in [1.82, 2.24) is 0 Å². The van der Waals surface area contributed by atoms with E-state index >= 15 is 0 Å². The van der Waals surface area contributed by atoms with Gasteiger partial charge in [-0.3, -0.25) is 4.79 Å². The minimum atomic E-state index is -0.347. The Morgan fingerprint density at radius 3 is 2.55 bits per heavy atom. The quantitative estimate of drug-likeness (QED) is 0.821. The minimum absolute atomic E-state index is 0.00961. The van der Waals surface area contributed by atoms with Crippen LogP contribution in [-0.4, -0.2) is 31.7 Å². The summed E-state index contributed by atoms with van der Waals surface area (Å²) < 4.78 is 10.2. The number of ether oxygens (including phenoxy) is 2. The number of anilines is 1. The summed E-state index contributed by atoms with van der Waals surface area (Å²) in [6.45, 7) is 3.73. The number of benzene rings is 1. The number of hydrogen-bond acceptors (Lipinski definition) is 4. The largest absolute Gasteiger partial charge is 0.462 e. The molecule has 0 atom stereocenters. The van der Waals surface area contributed by atoms with Gasteiger partial charge >= 0.3 is 5.97 Å². The van der Waals surface area contributed by atoms with Gasteiger partial charge in [0.2, 0.25) is 5.91 Å². The van der Waals surface area contributed by atoms with Crippen LogP contribution in [0.15, 0.2) is 24.3 Å². The second-order valence-corrected chi connectivity index (χ2v) is 5.44. The third kappa shape index (κ3) is 5.15. The average molecular weight is 305 g/mol. The van der Waals surface area contributed by atoms with Gasteiger partial charge < -0.3 is 14.8 Å². The summed E-state index contributed by atoms with van der Waals surface area (Å²) in [4.78, 5) is 23.5. The molecule has 1 aliphatic rings. The van der Waals surface area contributed by atoms with Crippen molar-refractivity contribution in [2.75, 3.05) is 25.1 Å². The first-order chi connectivity index (χ1) is 10.7. The number of hydrogen-bond donors (Lipinski definition) is 1. The Bertz CT molecular complexity index is 492. The molecular formula is C17H23NO4. The van der Waals surface area contributed by atoms with Crippen molar-refractivity contribution >= 4 is 17.6 Å². The van der Waals surface area contributed by atoms with Crippen molar-refractivity contribution in [2.45, 2.75) is 32.6 Å². The van der Waals surface area contributed by atoms with Crippen LogP contribution in [0.1, 0.15) is 43.0 Å². The molecule has 1 saturated heterocycles. The van der Waals surface area contributed by atoms with Crippen molar-refractivity contribution in [3.05, 3.63) is 29.8 Å². The molecule has 1 aliphatic heterocycles. The molecule has 0 bridgehead atoms. The van der Waals surface area contributed by atoms with E-state index in [4.69, 9.17) is 9.47 Å². The van der Waals surface area contributed by atoms with Crippen molar-refractivity contribution in [2.24, 2.45) is 5.92 Å². The fraction of sp³-hybridized carbons (Fsp3) is 0.529. The third-order valence-electron chi connectivity index (χ3n) is 3.80. The first-order valence-electron chi connectivity index (χ1n) is 7.84. The van der Waals surface area contributed by atoms with Gasteiger partial charge in [0.15, 0.2) is 0 Å². The number of carbonyl (C=O) groups is 2. The van der Waals surface area contributed by atoms with E-state index < -0.39 is 0 Å². The Balaban J connectivity index is 1.77. The number of nitrogens with one attached hydrogen (secondary N) is 1. The van der Waals surface area contributed by atoms with Gasteiger partial charge in [-0.05, 0) is 56.4 Å². The van der Waals surface area contributed by atoms with Crippen LogP contribution >= 0.6 is 0 Å². The van der Waals surface area contributed by atoms with E-state index in [-0.39, 0.29) is 11.9 Å². The Hall–Kier alpha value is -1.88. The van der Waals surface area contributed by atoms with Gasteiger partial charge in [-0.1, -0.05) is 0 Å². The molecule has 0 radical (unpaired) electrons. The lowest BCUT2D eigenvalue weighted by Gasteiger charge is -2.21. The maximum Gasteiger partial charge on any atom is 0.338 e. The topological polar surface area (TPSA) is 64.6 Å². The highest BCUT2D eigenvalue weighted by Gasteiger charge is 2.15. The third-order valence-corrected chi connectivity index (χ3v) is 3.80. The highest BCUT2D eigenvalue weighted by Crippen LogP contribution is 2.20. The smallest absolute Gasteiger partial charge is 0.338 e. The van der Waals surface area contributed by atoms with E-state index in [2.05, 4.69) is 5.32 Å². The van der Waals surface area contributed by atoms with Gasteiger partial charge in [-0.25, -0.2) is 4.79 Å². The van der Waals surface area contributed by atoms with E-state index in [1.807, 2.05) is 0 Å². The van der Waals surface area contributed by atoms with Gasteiger partial charge in [0.1, 0.15) is 0 Å². The monoisotopic (exact) mass is 305 g/mol. The van der Waals surface area contributed by atoms with Crippen molar-refractivity contribution in [1.29, 1.82) is 0 Å². The second-order valence-electron chi connectivity index (χ2n) is 5.44. The minimum Gasteiger partial charge on any atom is -0.462 e. The van der Waals surface area contributed by atoms with Gasteiger partial charge in [-0.15, -0.1) is 0 Å². The molecule has 2 rings (SSSR count). The molecule has 0 saturated carbocycles. The fourth-order valence-electron chi connectivity index (χ4n) is 2.50. The average Bonchev–Trinajstić information content (AvgIpc) is 2.55. The molecule has 0 aromatic heterocycles. The van der Waals surface area contributed by atoms with Gasteiger partial charge in [-0.2, -0.15) is 0 Å². The van der Waals surface area contributed by atoms with Gasteiger partial charge in [0, 0.05) is 25.3 Å². The molecule has 22 heavy (non-hydrogen) atoms. The zero-order valence-corrected chi connectivity index (χ0v) is 13.0. The Morgan fingerprint density at radius 2 is 1.91 bits per heavy atom. The Morgan fingerprint density at radius 1 is 1.23 bits per heavy atom. The molecule has 1 aromatic rings. The van der Waals surface area contributed by atoms with Crippen LogP contribution in [0.2, 0.25) is 0 Å². The molecule has 1 amide bonds. The van der Waals surface area contributed by atoms with Crippen molar-refractivity contribution in [3.63, 3.8) is 0 Å². The highest BCUT2D eigenvalue weighted by atomic mass is 16.5. The van der Waals surface area contributed by atoms with Crippen LogP contribution in [0.25, 0.3) is 0 Å². The summed E-state index contributed by atoms with van der Waals surface area (Å²) in [6.07, 6.45) is 3.50. The van der Waals surface area contributed by atoms with Crippen LogP contribution in [0, 0.1) is 5.92 Å². The van der Waals surface area contributed by atoms with E-state index in [0.29, 0.717) is 30.2 Å². The zero-order valence-electron chi connectivity index (χ0n) is 13.0. The van der Waals surface area contributed by atoms with Crippen molar-refractivity contribution < 1.29 is 19.1 Å². The maximum atomic E-state index is 11.9. The maximum absolute atomic E-state index is 11.9. The molecule has 1 fully saturated rings. The van der Waals surface area contributed by atoms with E-state index in [1.165, 1.54) is 0 Å². The molecule has 1 N–H and O–H groups in total. The number of rotatable bonds is 6. The number of amides is 1. The lowest BCUT2D eigenvalue weighted by molar-refractivity contribution is -0.116. The van der Waals surface area contributed by atoms with Crippen molar-refractivity contribution in [3.8, 4) is 0 Å². The molecular weight excluding hydrogens is 282 g/mol. The second kappa shape index (κ2) is 8.54. The standard InChI is InChI=1S/C17H23NO4/c1-2-22-17(20)14-4-6-15(7-5-14)18-16(19)8-3-13-9-11-21-12-10-13/h4-7,13H,2-3,8-12H2,1H3,(H,18,19). The summed E-state index contributed by atoms with van der Waals surface area (Å²) in [5.41, 5.74) is 1.19. The van der Waals surface area contributed by atoms with E-state index in [1.54, 1.807) is 31.2 Å². The zero-order chi connectivity index (χ0) is 15.8. The molecule has 5 nitrogen and oxygen atoms in total. The lowest BCUT2D eigenvalue weighted by Crippen LogP contribution is -2.18. The summed E-state index contributed by atoms with van der Waals surface area (Å²) in [7, 11) is 0. The first kappa shape index (κ1) is 16.5. The molecule has 120 valence electrons. The fourth-order valence-corrected chi connectivity index (χ4v) is 2.50. The van der Waals surface area contributed by atoms with E-state index in [0.717, 1.165) is 32.5 Å². The van der Waals surface area contributed by atoms with E-state index in [9.17, 15) is 9.59 Å². The Labute approximate surface area is 131 Å². The molecule has 1 heterocycles.